The van der Waals surface area contributed by atoms with Crippen molar-refractivity contribution < 1.29 is 17.9 Å². The van der Waals surface area contributed by atoms with E-state index in [1.165, 1.54) is 20.3 Å². The van der Waals surface area contributed by atoms with Crippen LogP contribution in [0.25, 0.3) is 0 Å². The number of hydrogen-bond donors (Lipinski definition) is 1. The van der Waals surface area contributed by atoms with Crippen LogP contribution in [-0.4, -0.2) is 53.1 Å². The van der Waals surface area contributed by atoms with E-state index in [4.69, 9.17) is 9.47 Å². The molecule has 0 amide bonds. The summed E-state index contributed by atoms with van der Waals surface area (Å²) < 4.78 is 37.7. The first-order valence-electron chi connectivity index (χ1n) is 6.99. The molecule has 1 aromatic carbocycles. The summed E-state index contributed by atoms with van der Waals surface area (Å²) in [7, 11) is -0.562. The topological polar surface area (TPSA) is 67.9 Å². The van der Waals surface area contributed by atoms with Crippen LogP contribution in [0.15, 0.2) is 23.1 Å². The van der Waals surface area contributed by atoms with Crippen molar-refractivity contribution >= 4 is 10.0 Å². The molecule has 2 fully saturated rings. The van der Waals surface area contributed by atoms with Gasteiger partial charge >= 0.3 is 0 Å². The minimum atomic E-state index is -3.56. The van der Waals surface area contributed by atoms with Gasteiger partial charge in [0, 0.05) is 19.2 Å². The second kappa shape index (κ2) is 5.47. The lowest BCUT2D eigenvalue weighted by atomic mass is 10.0. The highest BCUT2D eigenvalue weighted by molar-refractivity contribution is 7.89. The van der Waals surface area contributed by atoms with Gasteiger partial charge in [0.25, 0.3) is 0 Å². The van der Waals surface area contributed by atoms with E-state index in [2.05, 4.69) is 5.32 Å². The van der Waals surface area contributed by atoms with E-state index in [1.54, 1.807) is 16.4 Å². The fraction of sp³-hybridized carbons (Fsp3) is 0.571. The molecule has 2 aliphatic heterocycles. The van der Waals surface area contributed by atoms with E-state index in [0.29, 0.717) is 36.4 Å². The number of nitrogens with zero attached hydrogens (tertiary/aromatic N) is 1. The summed E-state index contributed by atoms with van der Waals surface area (Å²) in [5.41, 5.74) is 0. The molecule has 6 nitrogen and oxygen atoms in total. The number of nitrogens with one attached hydrogen (secondary N) is 1. The van der Waals surface area contributed by atoms with Gasteiger partial charge in [0.05, 0.1) is 14.2 Å². The summed E-state index contributed by atoms with van der Waals surface area (Å²) >= 11 is 0. The van der Waals surface area contributed by atoms with Crippen molar-refractivity contribution in [2.24, 2.45) is 11.8 Å². The molecule has 2 heterocycles. The molecular weight excluding hydrogens is 292 g/mol. The van der Waals surface area contributed by atoms with Crippen LogP contribution in [0.3, 0.4) is 0 Å². The maximum absolute atomic E-state index is 12.9. The average Bonchev–Trinajstić information content (AvgIpc) is 3.08. The van der Waals surface area contributed by atoms with Gasteiger partial charge in [-0.1, -0.05) is 0 Å². The highest BCUT2D eigenvalue weighted by Crippen LogP contribution is 2.35. The third-order valence-corrected chi connectivity index (χ3v) is 6.20. The smallest absolute Gasteiger partial charge is 0.246 e. The number of rotatable bonds is 4. The maximum Gasteiger partial charge on any atom is 0.246 e. The molecule has 2 unspecified atom stereocenters. The molecule has 2 saturated heterocycles. The molecule has 116 valence electrons. The van der Waals surface area contributed by atoms with E-state index in [9.17, 15) is 8.42 Å². The normalized spacial score (nSPS) is 25.8. The van der Waals surface area contributed by atoms with Crippen LogP contribution in [0.4, 0.5) is 0 Å². The molecule has 0 spiro atoms. The van der Waals surface area contributed by atoms with Gasteiger partial charge < -0.3 is 14.8 Å². The lowest BCUT2D eigenvalue weighted by Gasteiger charge is -2.19. The maximum atomic E-state index is 12.9. The minimum absolute atomic E-state index is 0.178. The zero-order valence-electron chi connectivity index (χ0n) is 12.2. The number of methoxy groups -OCH3 is 2. The Balaban J connectivity index is 1.94. The Morgan fingerprint density at radius 1 is 1.14 bits per heavy atom. The van der Waals surface area contributed by atoms with Gasteiger partial charge in [0.2, 0.25) is 10.0 Å². The molecule has 0 radical (unpaired) electrons. The van der Waals surface area contributed by atoms with Crippen molar-refractivity contribution in [1.82, 2.24) is 9.62 Å². The molecule has 0 saturated carbocycles. The summed E-state index contributed by atoms with van der Waals surface area (Å²) in [5, 5.41) is 3.31. The first-order chi connectivity index (χ1) is 10.1. The monoisotopic (exact) mass is 312 g/mol. The Labute approximate surface area is 125 Å². The van der Waals surface area contributed by atoms with Gasteiger partial charge in [-0.3, -0.25) is 0 Å². The van der Waals surface area contributed by atoms with Crippen molar-refractivity contribution in [3.05, 3.63) is 18.2 Å². The van der Waals surface area contributed by atoms with Crippen LogP contribution in [0.2, 0.25) is 0 Å². The van der Waals surface area contributed by atoms with Gasteiger partial charge in [-0.15, -0.1) is 0 Å². The van der Waals surface area contributed by atoms with Crippen molar-refractivity contribution in [1.29, 1.82) is 0 Å². The van der Waals surface area contributed by atoms with Crippen LogP contribution in [0.1, 0.15) is 0 Å². The second-order valence-electron chi connectivity index (χ2n) is 5.52. The molecule has 7 heteroatoms. The minimum Gasteiger partial charge on any atom is -0.497 e. The fourth-order valence-electron chi connectivity index (χ4n) is 3.13. The number of sulfonamides is 1. The van der Waals surface area contributed by atoms with Gasteiger partial charge in [-0.05, 0) is 37.1 Å². The number of benzene rings is 1. The fourth-order valence-corrected chi connectivity index (χ4v) is 4.86. The van der Waals surface area contributed by atoms with Crippen molar-refractivity contribution in [3.63, 3.8) is 0 Å². The summed E-state index contributed by atoms with van der Waals surface area (Å²) in [5.74, 6) is 1.69. The van der Waals surface area contributed by atoms with E-state index in [0.717, 1.165) is 13.1 Å². The Morgan fingerprint density at radius 3 is 2.38 bits per heavy atom. The molecule has 0 bridgehead atoms. The summed E-state index contributed by atoms with van der Waals surface area (Å²) in [4.78, 5) is 0.178. The second-order valence-corrected chi connectivity index (χ2v) is 7.42. The van der Waals surface area contributed by atoms with Crippen LogP contribution in [0, 0.1) is 11.8 Å². The number of fused-ring (bicyclic) bond motifs is 1. The van der Waals surface area contributed by atoms with E-state index in [-0.39, 0.29) is 4.90 Å². The third kappa shape index (κ3) is 2.49. The molecule has 0 aromatic heterocycles. The van der Waals surface area contributed by atoms with Crippen molar-refractivity contribution in [3.8, 4) is 11.5 Å². The first kappa shape index (κ1) is 14.6. The molecule has 2 aliphatic rings. The zero-order chi connectivity index (χ0) is 15.0. The lowest BCUT2D eigenvalue weighted by molar-refractivity contribution is 0.387. The Morgan fingerprint density at radius 2 is 1.81 bits per heavy atom. The number of ether oxygens (including phenoxy) is 2. The highest BCUT2D eigenvalue weighted by atomic mass is 32.2. The summed E-state index contributed by atoms with van der Waals surface area (Å²) in [6.45, 7) is 2.93. The lowest BCUT2D eigenvalue weighted by Crippen LogP contribution is -2.32. The van der Waals surface area contributed by atoms with Gasteiger partial charge in [-0.25, -0.2) is 8.42 Å². The molecule has 1 N–H and O–H groups in total. The largest absolute Gasteiger partial charge is 0.497 e. The first-order valence-corrected chi connectivity index (χ1v) is 8.43. The van der Waals surface area contributed by atoms with Crippen LogP contribution in [-0.2, 0) is 10.0 Å². The Hall–Kier alpha value is -1.31. The predicted molar refractivity (Wildman–Crippen MR) is 78.2 cm³/mol. The van der Waals surface area contributed by atoms with Gasteiger partial charge in [0.15, 0.2) is 0 Å². The van der Waals surface area contributed by atoms with Crippen LogP contribution < -0.4 is 14.8 Å². The van der Waals surface area contributed by atoms with E-state index >= 15 is 0 Å². The molecule has 3 rings (SSSR count). The summed E-state index contributed by atoms with van der Waals surface area (Å²) in [6, 6.07) is 4.85. The Kier molecular flexibility index (Phi) is 3.81. The highest BCUT2D eigenvalue weighted by Gasteiger charge is 2.42. The third-order valence-electron chi connectivity index (χ3n) is 4.34. The van der Waals surface area contributed by atoms with E-state index in [1.807, 2.05) is 0 Å². The quantitative estimate of drug-likeness (QED) is 0.879. The summed E-state index contributed by atoms with van der Waals surface area (Å²) in [6.07, 6.45) is 0. The molecule has 21 heavy (non-hydrogen) atoms. The molecule has 2 atom stereocenters. The molecular formula is C14H20N2O4S. The predicted octanol–water partition coefficient (Wildman–Crippen LogP) is 0.544. The Bertz CT molecular complexity index is 620. The van der Waals surface area contributed by atoms with Crippen molar-refractivity contribution in [2.75, 3.05) is 40.4 Å². The SMILES string of the molecule is COc1ccc(OC)c(S(=O)(=O)N2CC3CNCC3C2)c1. The van der Waals surface area contributed by atoms with Gasteiger partial charge in [-0.2, -0.15) is 4.31 Å². The van der Waals surface area contributed by atoms with Gasteiger partial charge in [0.1, 0.15) is 16.4 Å². The van der Waals surface area contributed by atoms with E-state index < -0.39 is 10.0 Å². The van der Waals surface area contributed by atoms with Crippen LogP contribution in [0.5, 0.6) is 11.5 Å². The molecule has 1 aromatic rings. The van der Waals surface area contributed by atoms with Crippen LogP contribution >= 0.6 is 0 Å². The van der Waals surface area contributed by atoms with Crippen molar-refractivity contribution in [2.45, 2.75) is 4.90 Å². The average molecular weight is 312 g/mol. The number of hydrogen-bond acceptors (Lipinski definition) is 5. The standard InChI is InChI=1S/C14H20N2O4S/c1-19-12-3-4-13(20-2)14(5-12)21(17,18)16-8-10-6-15-7-11(10)9-16/h3-5,10-11,15H,6-9H2,1-2H3. The zero-order valence-corrected chi connectivity index (χ0v) is 13.0. The molecule has 0 aliphatic carbocycles.